The number of hydrazine groups is 1. The minimum atomic E-state index is -0.567. The number of carbonyl (C=O) groups is 2. The number of hydrogen-bond donors (Lipinski definition) is 2. The predicted molar refractivity (Wildman–Crippen MR) is 90.0 cm³/mol. The summed E-state index contributed by atoms with van der Waals surface area (Å²) in [6.45, 7) is -0.348. The monoisotopic (exact) mass is 363 g/mol. The number of halogens is 1. The second kappa shape index (κ2) is 8.65. The fourth-order valence-electron chi connectivity index (χ4n) is 1.82. The van der Waals surface area contributed by atoms with Gasteiger partial charge in [0.2, 0.25) is 5.91 Å². The molecule has 0 aliphatic heterocycles. The summed E-state index contributed by atoms with van der Waals surface area (Å²) in [4.78, 5) is 33.3. The fourth-order valence-corrected chi connectivity index (χ4v) is 1.95. The van der Waals surface area contributed by atoms with Gasteiger partial charge in [0.25, 0.3) is 11.6 Å². The van der Waals surface area contributed by atoms with Crippen molar-refractivity contribution in [2.75, 3.05) is 6.61 Å². The maximum atomic E-state index is 11.7. The molecule has 2 rings (SSSR count). The van der Waals surface area contributed by atoms with E-state index in [2.05, 4.69) is 10.9 Å². The molecule has 2 aromatic carbocycles. The molecule has 0 saturated carbocycles. The quantitative estimate of drug-likeness (QED) is 0.602. The minimum Gasteiger partial charge on any atom is -0.484 e. The van der Waals surface area contributed by atoms with Gasteiger partial charge in [-0.2, -0.15) is 0 Å². The molecule has 0 aliphatic rings. The van der Waals surface area contributed by atoms with Crippen molar-refractivity contribution in [1.82, 2.24) is 10.9 Å². The lowest BCUT2D eigenvalue weighted by Gasteiger charge is -2.09. The van der Waals surface area contributed by atoms with Crippen LogP contribution in [0.15, 0.2) is 48.5 Å². The summed E-state index contributed by atoms with van der Waals surface area (Å²) < 4.78 is 5.17. The van der Waals surface area contributed by atoms with Crippen LogP contribution in [-0.4, -0.2) is 23.3 Å². The fraction of sp³-hybridized carbons (Fsp3) is 0.125. The minimum absolute atomic E-state index is 0.0775. The average Bonchev–Trinajstić information content (AvgIpc) is 2.60. The van der Waals surface area contributed by atoms with E-state index < -0.39 is 16.7 Å². The smallest absolute Gasteiger partial charge is 0.276 e. The van der Waals surface area contributed by atoms with Crippen LogP contribution < -0.4 is 15.6 Å². The molecule has 130 valence electrons. The normalized spacial score (nSPS) is 9.96. The van der Waals surface area contributed by atoms with Gasteiger partial charge in [0.15, 0.2) is 6.61 Å². The molecule has 0 unspecified atom stereocenters. The van der Waals surface area contributed by atoms with Gasteiger partial charge < -0.3 is 4.74 Å². The second-order valence-corrected chi connectivity index (χ2v) is 5.38. The molecular formula is C16H14ClN3O5. The lowest BCUT2D eigenvalue weighted by atomic mass is 10.1. The highest BCUT2D eigenvalue weighted by atomic mass is 35.5. The van der Waals surface area contributed by atoms with Gasteiger partial charge in [0, 0.05) is 17.2 Å². The van der Waals surface area contributed by atoms with E-state index in [0.717, 1.165) is 5.56 Å². The van der Waals surface area contributed by atoms with Crippen LogP contribution in [0.5, 0.6) is 5.75 Å². The third kappa shape index (κ3) is 6.11. The number of non-ortho nitro benzene ring substituents is 1. The number of benzene rings is 2. The Kier molecular flexibility index (Phi) is 6.30. The molecule has 0 atom stereocenters. The van der Waals surface area contributed by atoms with Gasteiger partial charge >= 0.3 is 0 Å². The number of nitro benzene ring substituents is 1. The van der Waals surface area contributed by atoms with Crippen LogP contribution in [0.1, 0.15) is 5.56 Å². The Morgan fingerprint density at radius 3 is 2.20 bits per heavy atom. The zero-order valence-electron chi connectivity index (χ0n) is 12.9. The van der Waals surface area contributed by atoms with E-state index in [1.54, 1.807) is 24.3 Å². The zero-order valence-corrected chi connectivity index (χ0v) is 13.7. The van der Waals surface area contributed by atoms with Crippen LogP contribution in [0.4, 0.5) is 5.69 Å². The molecule has 9 heteroatoms. The van der Waals surface area contributed by atoms with E-state index in [4.69, 9.17) is 16.3 Å². The van der Waals surface area contributed by atoms with E-state index in [0.29, 0.717) is 10.8 Å². The summed E-state index contributed by atoms with van der Waals surface area (Å²) >= 11 is 5.76. The van der Waals surface area contributed by atoms with E-state index >= 15 is 0 Å². The van der Waals surface area contributed by atoms with Crippen molar-refractivity contribution >= 4 is 29.1 Å². The lowest BCUT2D eigenvalue weighted by Crippen LogP contribution is -2.44. The Bertz CT molecular complexity index is 762. The highest BCUT2D eigenvalue weighted by Gasteiger charge is 2.08. The van der Waals surface area contributed by atoms with Crippen LogP contribution in [0.25, 0.3) is 0 Å². The number of rotatable bonds is 6. The van der Waals surface area contributed by atoms with Crippen molar-refractivity contribution in [2.24, 2.45) is 0 Å². The van der Waals surface area contributed by atoms with Gasteiger partial charge in [-0.15, -0.1) is 0 Å². The van der Waals surface area contributed by atoms with Gasteiger partial charge in [-0.1, -0.05) is 23.7 Å². The number of nitro groups is 1. The summed E-state index contributed by atoms with van der Waals surface area (Å²) in [6.07, 6.45) is 0.0840. The number of ether oxygens (including phenoxy) is 1. The third-order valence-corrected chi connectivity index (χ3v) is 3.29. The van der Waals surface area contributed by atoms with Gasteiger partial charge in [-0.3, -0.25) is 30.6 Å². The van der Waals surface area contributed by atoms with Crippen LogP contribution in [0, 0.1) is 10.1 Å². The molecule has 0 aromatic heterocycles. The first-order chi connectivity index (χ1) is 11.9. The number of nitrogens with zero attached hydrogens (tertiary/aromatic N) is 1. The van der Waals surface area contributed by atoms with E-state index in [9.17, 15) is 19.7 Å². The molecular weight excluding hydrogens is 350 g/mol. The van der Waals surface area contributed by atoms with E-state index in [-0.39, 0.29) is 18.7 Å². The molecule has 0 spiro atoms. The maximum absolute atomic E-state index is 11.7. The van der Waals surface area contributed by atoms with Gasteiger partial charge in [0.05, 0.1) is 11.3 Å². The first-order valence-electron chi connectivity index (χ1n) is 7.13. The molecule has 0 heterocycles. The Labute approximate surface area is 147 Å². The topological polar surface area (TPSA) is 111 Å². The molecule has 2 aromatic rings. The summed E-state index contributed by atoms with van der Waals surface area (Å²) in [5, 5.41) is 11.1. The Morgan fingerprint density at radius 2 is 1.60 bits per heavy atom. The molecule has 25 heavy (non-hydrogen) atoms. The average molecular weight is 364 g/mol. The highest BCUT2D eigenvalue weighted by Crippen LogP contribution is 2.17. The molecule has 8 nitrogen and oxygen atoms in total. The second-order valence-electron chi connectivity index (χ2n) is 4.94. The summed E-state index contributed by atoms with van der Waals surface area (Å²) in [6, 6.07) is 12.0. The van der Waals surface area contributed by atoms with E-state index in [1.165, 1.54) is 24.3 Å². The first kappa shape index (κ1) is 18.2. The number of hydrogen-bond acceptors (Lipinski definition) is 5. The molecule has 2 amide bonds. The number of nitrogens with one attached hydrogen (secondary N) is 2. The van der Waals surface area contributed by atoms with Crippen LogP contribution in [0.2, 0.25) is 5.02 Å². The molecule has 0 radical (unpaired) electrons. The summed E-state index contributed by atoms with van der Waals surface area (Å²) in [5.41, 5.74) is 5.15. The Hall–Kier alpha value is -3.13. The van der Waals surface area contributed by atoms with Crippen molar-refractivity contribution in [3.63, 3.8) is 0 Å². The lowest BCUT2D eigenvalue weighted by molar-refractivity contribution is -0.384. The summed E-state index contributed by atoms with van der Waals surface area (Å²) in [7, 11) is 0. The Balaban J connectivity index is 1.72. The van der Waals surface area contributed by atoms with Crippen LogP contribution in [0.3, 0.4) is 0 Å². The third-order valence-electron chi connectivity index (χ3n) is 3.04. The van der Waals surface area contributed by atoms with Crippen molar-refractivity contribution in [2.45, 2.75) is 6.42 Å². The van der Waals surface area contributed by atoms with Crippen molar-refractivity contribution in [3.05, 3.63) is 69.2 Å². The number of carbonyl (C=O) groups excluding carboxylic acids is 2. The standard InChI is InChI=1S/C16H14ClN3O5/c17-12-3-1-11(2-4-12)9-15(21)18-19-16(22)10-25-14-7-5-13(6-8-14)20(23)24/h1-8H,9-10H2,(H,18,21)(H,19,22). The summed E-state index contributed by atoms with van der Waals surface area (Å²) in [5.74, 6) is -0.665. The molecule has 0 fully saturated rings. The Morgan fingerprint density at radius 1 is 1.00 bits per heavy atom. The molecule has 2 N–H and O–H groups in total. The predicted octanol–water partition coefficient (Wildman–Crippen LogP) is 2.02. The van der Waals surface area contributed by atoms with Crippen molar-refractivity contribution in [3.8, 4) is 5.75 Å². The van der Waals surface area contributed by atoms with Crippen molar-refractivity contribution < 1.29 is 19.2 Å². The van der Waals surface area contributed by atoms with Crippen LogP contribution in [-0.2, 0) is 16.0 Å². The SMILES string of the molecule is O=C(COc1ccc([N+](=O)[O-])cc1)NNC(=O)Cc1ccc(Cl)cc1. The zero-order chi connectivity index (χ0) is 18.2. The van der Waals surface area contributed by atoms with Gasteiger partial charge in [0.1, 0.15) is 5.75 Å². The molecule has 0 aliphatic carbocycles. The first-order valence-corrected chi connectivity index (χ1v) is 7.51. The maximum Gasteiger partial charge on any atom is 0.276 e. The van der Waals surface area contributed by atoms with E-state index in [1.807, 2.05) is 0 Å². The van der Waals surface area contributed by atoms with Crippen molar-refractivity contribution in [1.29, 1.82) is 0 Å². The molecule has 0 saturated heterocycles. The van der Waals surface area contributed by atoms with Gasteiger partial charge in [-0.05, 0) is 29.8 Å². The largest absolute Gasteiger partial charge is 0.484 e. The molecule has 0 bridgehead atoms. The highest BCUT2D eigenvalue weighted by molar-refractivity contribution is 6.30. The van der Waals surface area contributed by atoms with Crippen LogP contribution >= 0.6 is 11.6 Å². The number of amides is 2. The van der Waals surface area contributed by atoms with Gasteiger partial charge in [-0.25, -0.2) is 0 Å².